The van der Waals surface area contributed by atoms with Gasteiger partial charge in [-0.1, -0.05) is 48.5 Å². The number of hydrogen-bond donors (Lipinski definition) is 0. The number of rotatable bonds is 4. The van der Waals surface area contributed by atoms with Gasteiger partial charge < -0.3 is 4.90 Å². The summed E-state index contributed by atoms with van der Waals surface area (Å²) in [4.78, 5) is 14.6. The number of alkyl halides is 3. The molecule has 2 nitrogen and oxygen atoms in total. The van der Waals surface area contributed by atoms with Crippen molar-refractivity contribution >= 4 is 11.6 Å². The second-order valence-electron chi connectivity index (χ2n) is 6.34. The van der Waals surface area contributed by atoms with Crippen LogP contribution in [0.15, 0.2) is 54.6 Å². The molecule has 5 heteroatoms. The number of carbonyl (C=O) groups is 1. The minimum absolute atomic E-state index is 0.238. The van der Waals surface area contributed by atoms with Crippen LogP contribution in [0, 0.1) is 0 Å². The lowest BCUT2D eigenvalue weighted by Gasteiger charge is -2.25. The minimum atomic E-state index is -4.27. The molecule has 0 aliphatic carbocycles. The van der Waals surface area contributed by atoms with Crippen molar-refractivity contribution in [2.45, 2.75) is 37.9 Å². The number of para-hydroxylation sites is 1. The number of amides is 1. The molecule has 0 saturated carbocycles. The monoisotopic (exact) mass is 333 g/mol. The van der Waals surface area contributed by atoms with E-state index in [1.807, 2.05) is 30.3 Å². The highest BCUT2D eigenvalue weighted by atomic mass is 19.4. The smallest absolute Gasteiger partial charge is 0.307 e. The number of anilines is 1. The van der Waals surface area contributed by atoms with Crippen LogP contribution in [0.3, 0.4) is 0 Å². The molecule has 1 aliphatic rings. The molecule has 1 aliphatic heterocycles. The largest absolute Gasteiger partial charge is 0.389 e. The highest BCUT2D eigenvalue weighted by Crippen LogP contribution is 2.46. The van der Waals surface area contributed by atoms with E-state index in [1.165, 1.54) is 0 Å². The molecule has 0 radical (unpaired) electrons. The summed E-state index contributed by atoms with van der Waals surface area (Å²) < 4.78 is 38.1. The second kappa shape index (κ2) is 5.96. The number of fused-ring (bicyclic) bond motifs is 1. The second-order valence-corrected chi connectivity index (χ2v) is 6.34. The Morgan fingerprint density at radius 2 is 1.62 bits per heavy atom. The van der Waals surface area contributed by atoms with E-state index in [1.54, 1.807) is 36.1 Å². The van der Waals surface area contributed by atoms with Crippen molar-refractivity contribution in [1.29, 1.82) is 0 Å². The van der Waals surface area contributed by atoms with E-state index >= 15 is 0 Å². The predicted molar refractivity (Wildman–Crippen MR) is 86.7 cm³/mol. The maximum atomic E-state index is 13.0. The van der Waals surface area contributed by atoms with Gasteiger partial charge in [0.1, 0.15) is 0 Å². The van der Waals surface area contributed by atoms with Crippen LogP contribution in [-0.4, -0.2) is 12.1 Å². The Morgan fingerprint density at radius 3 is 2.29 bits per heavy atom. The summed E-state index contributed by atoms with van der Waals surface area (Å²) in [6, 6.07) is 16.6. The summed E-state index contributed by atoms with van der Waals surface area (Å²) in [6.45, 7) is 1.98. The standard InChI is InChI=1S/C19H18F3NO/c1-18(11-12-19(20,21)22)15-9-5-6-10-16(15)23(17(18)24)13-14-7-3-2-4-8-14/h2-10H,11-13H2,1H3. The van der Waals surface area contributed by atoms with Crippen LogP contribution in [0.2, 0.25) is 0 Å². The third-order valence-electron chi connectivity index (χ3n) is 4.60. The van der Waals surface area contributed by atoms with Crippen molar-refractivity contribution < 1.29 is 18.0 Å². The number of carbonyl (C=O) groups excluding carboxylic acids is 1. The van der Waals surface area contributed by atoms with Gasteiger partial charge in [-0.05, 0) is 30.5 Å². The van der Waals surface area contributed by atoms with Crippen LogP contribution >= 0.6 is 0 Å². The molecule has 1 amide bonds. The van der Waals surface area contributed by atoms with Crippen molar-refractivity contribution in [2.75, 3.05) is 4.90 Å². The lowest BCUT2D eigenvalue weighted by atomic mass is 9.79. The molecule has 1 heterocycles. The van der Waals surface area contributed by atoms with E-state index in [-0.39, 0.29) is 12.3 Å². The molecule has 2 aromatic carbocycles. The third kappa shape index (κ3) is 3.03. The molecule has 3 rings (SSSR count). The molecule has 0 aromatic heterocycles. The van der Waals surface area contributed by atoms with Crippen LogP contribution in [0.5, 0.6) is 0 Å². The Labute approximate surface area is 138 Å². The summed E-state index contributed by atoms with van der Waals surface area (Å²) in [5.74, 6) is -0.267. The van der Waals surface area contributed by atoms with Gasteiger partial charge in [0.2, 0.25) is 5.91 Å². The first-order valence-electron chi connectivity index (χ1n) is 7.83. The van der Waals surface area contributed by atoms with Crippen molar-refractivity contribution in [2.24, 2.45) is 0 Å². The first-order chi connectivity index (χ1) is 11.3. The zero-order valence-electron chi connectivity index (χ0n) is 13.3. The molecular formula is C19H18F3NO. The van der Waals surface area contributed by atoms with Gasteiger partial charge in [0.05, 0.1) is 12.0 Å². The maximum Gasteiger partial charge on any atom is 0.389 e. The molecule has 0 N–H and O–H groups in total. The summed E-state index contributed by atoms with van der Waals surface area (Å²) in [7, 11) is 0. The summed E-state index contributed by atoms with van der Waals surface area (Å²) >= 11 is 0. The summed E-state index contributed by atoms with van der Waals surface area (Å²) in [5, 5.41) is 0. The predicted octanol–water partition coefficient (Wildman–Crippen LogP) is 4.83. The third-order valence-corrected chi connectivity index (χ3v) is 4.60. The SMILES string of the molecule is CC1(CCC(F)(F)F)C(=O)N(Cc2ccccc2)c2ccccc21. The Kier molecular flexibility index (Phi) is 4.11. The lowest BCUT2D eigenvalue weighted by molar-refractivity contribution is -0.141. The number of hydrogen-bond acceptors (Lipinski definition) is 1. The van der Waals surface area contributed by atoms with Gasteiger partial charge in [-0.3, -0.25) is 4.79 Å². The number of benzene rings is 2. The van der Waals surface area contributed by atoms with Crippen LogP contribution in [0.25, 0.3) is 0 Å². The number of halogens is 3. The fourth-order valence-electron chi connectivity index (χ4n) is 3.25. The molecule has 0 saturated heterocycles. The van der Waals surface area contributed by atoms with Crippen molar-refractivity contribution in [3.8, 4) is 0 Å². The molecule has 0 spiro atoms. The van der Waals surface area contributed by atoms with E-state index in [0.717, 1.165) is 5.56 Å². The van der Waals surface area contributed by atoms with Gasteiger partial charge in [-0.25, -0.2) is 0 Å². The molecule has 1 atom stereocenters. The average Bonchev–Trinajstić information content (AvgIpc) is 2.77. The molecule has 0 bridgehead atoms. The van der Waals surface area contributed by atoms with Crippen LogP contribution < -0.4 is 4.90 Å². The average molecular weight is 333 g/mol. The van der Waals surface area contributed by atoms with Crippen molar-refractivity contribution in [3.05, 3.63) is 65.7 Å². The first-order valence-corrected chi connectivity index (χ1v) is 7.83. The fourth-order valence-corrected chi connectivity index (χ4v) is 3.25. The van der Waals surface area contributed by atoms with Crippen LogP contribution in [0.1, 0.15) is 30.9 Å². The molecule has 24 heavy (non-hydrogen) atoms. The van der Waals surface area contributed by atoms with Gasteiger partial charge in [0.15, 0.2) is 0 Å². The Balaban J connectivity index is 1.94. The van der Waals surface area contributed by atoms with Crippen molar-refractivity contribution in [1.82, 2.24) is 0 Å². The van der Waals surface area contributed by atoms with E-state index < -0.39 is 18.0 Å². The summed E-state index contributed by atoms with van der Waals surface area (Å²) in [6.07, 6.45) is -5.48. The van der Waals surface area contributed by atoms with E-state index in [4.69, 9.17) is 0 Å². The van der Waals surface area contributed by atoms with Gasteiger partial charge in [-0.2, -0.15) is 13.2 Å². The van der Waals surface area contributed by atoms with Gasteiger partial charge in [0, 0.05) is 12.1 Å². The summed E-state index contributed by atoms with van der Waals surface area (Å²) in [5.41, 5.74) is 1.19. The van der Waals surface area contributed by atoms with Crippen molar-refractivity contribution in [3.63, 3.8) is 0 Å². The van der Waals surface area contributed by atoms with E-state index in [2.05, 4.69) is 0 Å². The van der Waals surface area contributed by atoms with E-state index in [9.17, 15) is 18.0 Å². The van der Waals surface area contributed by atoms with Crippen LogP contribution in [0.4, 0.5) is 18.9 Å². The molecule has 0 fully saturated rings. The minimum Gasteiger partial charge on any atom is -0.307 e. The maximum absolute atomic E-state index is 13.0. The fraction of sp³-hybridized carbons (Fsp3) is 0.316. The molecule has 1 unspecified atom stereocenters. The zero-order chi connectivity index (χ0) is 17.4. The highest BCUT2D eigenvalue weighted by Gasteiger charge is 2.48. The number of nitrogens with zero attached hydrogens (tertiary/aromatic N) is 1. The lowest BCUT2D eigenvalue weighted by Crippen LogP contribution is -2.38. The molecule has 126 valence electrons. The van der Waals surface area contributed by atoms with Crippen LogP contribution in [-0.2, 0) is 16.8 Å². The van der Waals surface area contributed by atoms with E-state index in [0.29, 0.717) is 17.8 Å². The normalized spacial score (nSPS) is 20.3. The Hall–Kier alpha value is -2.30. The first kappa shape index (κ1) is 16.6. The highest BCUT2D eigenvalue weighted by molar-refractivity contribution is 6.07. The Morgan fingerprint density at radius 1 is 1.00 bits per heavy atom. The quantitative estimate of drug-likeness (QED) is 0.784. The molecular weight excluding hydrogens is 315 g/mol. The topological polar surface area (TPSA) is 20.3 Å². The van der Waals surface area contributed by atoms with Gasteiger partial charge in [0.25, 0.3) is 0 Å². The van der Waals surface area contributed by atoms with Gasteiger partial charge >= 0.3 is 6.18 Å². The van der Waals surface area contributed by atoms with Gasteiger partial charge in [-0.15, -0.1) is 0 Å². The molecule has 2 aromatic rings. The Bertz CT molecular complexity index is 742. The zero-order valence-corrected chi connectivity index (χ0v) is 13.3.